The minimum atomic E-state index is -5.25. The fraction of sp³-hybridized carbons (Fsp3) is 0.528. The maximum absolute atomic E-state index is 13.8. The van der Waals surface area contributed by atoms with Gasteiger partial charge in [0.25, 0.3) is 10.1 Å². The van der Waals surface area contributed by atoms with E-state index >= 15 is 0 Å². The van der Waals surface area contributed by atoms with Crippen molar-refractivity contribution >= 4 is 75.9 Å². The summed E-state index contributed by atoms with van der Waals surface area (Å²) in [5, 5.41) is 19.2. The van der Waals surface area contributed by atoms with Crippen molar-refractivity contribution in [2.24, 2.45) is 0 Å². The Hall–Kier alpha value is -5.49. The highest BCUT2D eigenvalue weighted by molar-refractivity contribution is 7.89. The first kappa shape index (κ1) is 60.2. The average molecular weight is 1240 g/mol. The van der Waals surface area contributed by atoms with Gasteiger partial charge in [0.15, 0.2) is 23.2 Å². The van der Waals surface area contributed by atoms with Gasteiger partial charge >= 0.3 is 15.6 Å². The van der Waals surface area contributed by atoms with Crippen LogP contribution in [-0.2, 0) is 73.5 Å². The molecule has 454 valence electrons. The number of nitrogens with zero attached hydrogens (tertiary/aromatic N) is 6. The van der Waals surface area contributed by atoms with E-state index in [2.05, 4.69) is 56.4 Å². The Labute approximate surface area is 484 Å². The number of imidazole rings is 1. The van der Waals surface area contributed by atoms with Crippen LogP contribution in [0.5, 0.6) is 11.5 Å². The number of fused-ring (bicyclic) bond motifs is 5. The molecule has 0 bridgehead atoms. The Morgan fingerprint density at radius 3 is 2.30 bits per heavy atom. The first-order chi connectivity index (χ1) is 40.0. The molecule has 6 aliphatic rings. The number of hydrogen-bond acceptors (Lipinski definition) is 18. The molecule has 6 aliphatic heterocycles. The second-order valence-corrected chi connectivity index (χ2v) is 27.6. The highest BCUT2D eigenvalue weighted by atomic mass is 32.2. The second kappa shape index (κ2) is 24.3. The zero-order valence-electron chi connectivity index (χ0n) is 45.9. The monoisotopic (exact) mass is 1240 g/mol. The zero-order valence-corrected chi connectivity index (χ0v) is 49.3. The summed E-state index contributed by atoms with van der Waals surface area (Å²) in [6.07, 6.45) is 5.94. The van der Waals surface area contributed by atoms with Crippen LogP contribution in [0.2, 0.25) is 0 Å². The van der Waals surface area contributed by atoms with Crippen molar-refractivity contribution in [3.05, 3.63) is 80.6 Å². The highest BCUT2D eigenvalue weighted by Crippen LogP contribution is 2.50. The maximum Gasteiger partial charge on any atom is 0.470 e. The first-order valence-corrected chi connectivity index (χ1v) is 34.3. The van der Waals surface area contributed by atoms with E-state index in [1.807, 2.05) is 0 Å². The van der Waals surface area contributed by atoms with Gasteiger partial charge in [-0.1, -0.05) is 25.3 Å². The molecule has 31 heteroatoms. The molecule has 4 atom stereocenters. The van der Waals surface area contributed by atoms with E-state index in [-0.39, 0.29) is 52.3 Å². The molecule has 2 aromatic heterocycles. The number of phosphoric ester groups is 2. The van der Waals surface area contributed by atoms with Gasteiger partial charge in [0.2, 0.25) is 27.2 Å². The minimum absolute atomic E-state index is 0.0242. The quantitative estimate of drug-likeness (QED) is 0.0180. The summed E-state index contributed by atoms with van der Waals surface area (Å²) >= 11 is 0. The van der Waals surface area contributed by atoms with Crippen molar-refractivity contribution in [1.82, 2.24) is 34.1 Å². The van der Waals surface area contributed by atoms with Crippen molar-refractivity contribution in [3.8, 4) is 11.5 Å². The number of sulfonamides is 1. The summed E-state index contributed by atoms with van der Waals surface area (Å²) in [5.74, 6) is 1.28. The summed E-state index contributed by atoms with van der Waals surface area (Å²) in [6.45, 7) is 3.68. The molecule has 0 spiro atoms. The smallest absolute Gasteiger partial charge is 0.455 e. The number of nitrogens with one attached hydrogen (secondary N) is 3. The van der Waals surface area contributed by atoms with E-state index in [9.17, 15) is 60.0 Å². The highest BCUT2D eigenvalue weighted by Gasteiger charge is 2.50. The number of aryl methyl sites for hydroxylation is 2. The van der Waals surface area contributed by atoms with Crippen LogP contribution in [-0.4, -0.2) is 142 Å². The van der Waals surface area contributed by atoms with Crippen LogP contribution in [0.25, 0.3) is 16.7 Å². The number of aromatic nitrogens is 4. The van der Waals surface area contributed by atoms with Crippen molar-refractivity contribution in [2.75, 3.05) is 68.4 Å². The van der Waals surface area contributed by atoms with Crippen molar-refractivity contribution in [1.29, 1.82) is 0 Å². The molecule has 11 rings (SSSR count). The molecular formula is C53H69N10O17P2S2+. The predicted octanol–water partition coefficient (Wildman–Crippen LogP) is 2.56. The van der Waals surface area contributed by atoms with Gasteiger partial charge in [0.1, 0.15) is 54.1 Å². The third kappa shape index (κ3) is 12.7. The molecule has 1 fully saturated rings. The largest absolute Gasteiger partial charge is 0.470 e. The Balaban J connectivity index is 0.674. The number of hydrogen-bond donors (Lipinski definition) is 10. The molecule has 11 N–H and O–H groups in total. The first-order valence-electron chi connectivity index (χ1n) is 28.4. The predicted molar refractivity (Wildman–Crippen MR) is 305 cm³/mol. The van der Waals surface area contributed by atoms with Gasteiger partial charge in [-0.25, -0.2) is 41.8 Å². The number of aliphatic hydroxyl groups is 1. The molecule has 3 aromatic carbocycles. The summed E-state index contributed by atoms with van der Waals surface area (Å²) in [6, 6.07) is 8.16. The molecule has 1 amide bonds. The molecule has 27 nitrogen and oxygen atoms in total. The topological polar surface area (TPSA) is 390 Å². The van der Waals surface area contributed by atoms with E-state index in [4.69, 9.17) is 19.7 Å². The number of carbonyl (C=O) groups is 1. The van der Waals surface area contributed by atoms with Crippen LogP contribution in [0.3, 0.4) is 0 Å². The van der Waals surface area contributed by atoms with Crippen LogP contribution in [0.15, 0.2) is 46.5 Å². The SMILES string of the molecule is Nc1ncnc2c1nc(NCCCCCCNC(=O)CCCCCNS(=O)(=O)c1ccc(C3=c4cc5c6c(c4Oc4c3cc3c7c4CCCN7CCC3)CCC[N+]=6CCC5)c(S(=O)(=O)O)c1)n2[C@@H]1O[C@H](COP(=O)(O)O)[C@@H](OP(=O)(O)O)[C@H]1O. The van der Waals surface area contributed by atoms with Gasteiger partial charge in [0, 0.05) is 90.7 Å². The van der Waals surface area contributed by atoms with E-state index in [0.717, 1.165) is 129 Å². The van der Waals surface area contributed by atoms with E-state index < -0.39 is 71.8 Å². The lowest BCUT2D eigenvalue weighted by molar-refractivity contribution is -0.121. The second-order valence-electron chi connectivity index (χ2n) is 22.0. The Kier molecular flexibility index (Phi) is 17.5. The lowest BCUT2D eigenvalue weighted by Gasteiger charge is -2.39. The van der Waals surface area contributed by atoms with Gasteiger partial charge in [-0.05, 0) is 94.0 Å². The number of nitrogen functional groups attached to an aromatic ring is 1. The fourth-order valence-corrected chi connectivity index (χ4v) is 15.5. The van der Waals surface area contributed by atoms with E-state index in [1.54, 1.807) is 0 Å². The zero-order chi connectivity index (χ0) is 59.3. The van der Waals surface area contributed by atoms with Gasteiger partial charge in [-0.3, -0.25) is 23.0 Å². The Morgan fingerprint density at radius 1 is 0.821 bits per heavy atom. The van der Waals surface area contributed by atoms with Crippen molar-refractivity contribution < 1.29 is 78.5 Å². The molecule has 5 aromatic rings. The number of aliphatic hydroxyl groups excluding tert-OH is 1. The number of benzene rings is 3. The van der Waals surface area contributed by atoms with Crippen LogP contribution >= 0.6 is 15.6 Å². The number of nitrogens with two attached hydrogens (primary N) is 1. The number of phosphoric acid groups is 2. The lowest BCUT2D eigenvalue weighted by Crippen LogP contribution is -2.45. The average Bonchev–Trinajstić information content (AvgIpc) is 1.21. The van der Waals surface area contributed by atoms with Crippen LogP contribution in [0, 0.1) is 0 Å². The molecule has 1 saturated heterocycles. The number of amides is 1. The fourth-order valence-electron chi connectivity index (χ4n) is 12.7. The Morgan fingerprint density at radius 2 is 1.54 bits per heavy atom. The van der Waals surface area contributed by atoms with Gasteiger partial charge in [-0.2, -0.15) is 8.42 Å². The van der Waals surface area contributed by atoms with Crippen molar-refractivity contribution in [3.63, 3.8) is 0 Å². The van der Waals surface area contributed by atoms with Gasteiger partial charge < -0.3 is 55.4 Å². The molecular weight excluding hydrogens is 1170 g/mol. The van der Waals surface area contributed by atoms with Crippen LogP contribution in [0.1, 0.15) is 117 Å². The normalized spacial score (nSPS) is 20.3. The molecule has 0 unspecified atom stereocenters. The maximum atomic E-state index is 13.8. The third-order valence-electron chi connectivity index (χ3n) is 16.3. The Bertz CT molecular complexity index is 3870. The number of carbonyl (C=O) groups excluding carboxylic acids is 1. The summed E-state index contributed by atoms with van der Waals surface area (Å²) in [7, 11) is -19.6. The third-order valence-corrected chi connectivity index (χ3v) is 19.7. The van der Waals surface area contributed by atoms with Crippen LogP contribution in [0.4, 0.5) is 17.5 Å². The van der Waals surface area contributed by atoms with Crippen LogP contribution < -0.4 is 45.9 Å². The molecule has 0 saturated carbocycles. The van der Waals surface area contributed by atoms with Crippen molar-refractivity contribution in [2.45, 2.75) is 137 Å². The lowest BCUT2D eigenvalue weighted by atomic mass is 9.82. The molecule has 8 heterocycles. The standard InChI is InChI=1S/C53H68N10O17P2S2/c54-50-43-51(58-30-57-50)63(52-46(65)49(80-82(69,70)71)39(78-52)29-77-81(66,67)68)53(60-43)56-20-6-2-1-5-19-55-41(64)16-4-3-7-21-59-83(72,73)33-17-18-34(40(28-33)84(74,75)76)42-37-26-31-12-8-22-61-24-10-14-35(44(31)61)47(37)79-48-36-15-11-25-62-23-9-13-32(45(36)62)27-38(42)48/h17-18,26-28,30,39,46,49,52,59,65H,1-16,19-25,29H2,(H8-,54,55,56,57,58,60,64,66,67,68,69,70,71,74,75,76)/p+1/t39-,46-,49-,52-/m1/s1. The van der Waals surface area contributed by atoms with Gasteiger partial charge in [0.05, 0.1) is 17.1 Å². The molecule has 0 radical (unpaired) electrons. The van der Waals surface area contributed by atoms with E-state index in [0.29, 0.717) is 68.7 Å². The summed E-state index contributed by atoms with van der Waals surface area (Å²) in [4.78, 5) is 64.4. The summed E-state index contributed by atoms with van der Waals surface area (Å²) in [5.41, 5.74) is 13.5. The minimum Gasteiger partial charge on any atom is -0.455 e. The van der Waals surface area contributed by atoms with Gasteiger partial charge in [-0.15, -0.1) is 0 Å². The van der Waals surface area contributed by atoms with E-state index in [1.165, 1.54) is 27.7 Å². The number of unbranched alkanes of at least 4 members (excludes halogenated alkanes) is 5. The number of anilines is 3. The molecule has 0 aliphatic carbocycles. The molecule has 84 heavy (non-hydrogen) atoms. The number of ether oxygens (including phenoxy) is 2. The summed E-state index contributed by atoms with van der Waals surface area (Å²) < 4.78 is 117. The number of rotatable bonds is 24.